The van der Waals surface area contributed by atoms with Gasteiger partial charge in [-0.05, 0) is 61.7 Å². The van der Waals surface area contributed by atoms with Gasteiger partial charge in [-0.3, -0.25) is 9.78 Å². The number of rotatable bonds is 11. The third-order valence-corrected chi connectivity index (χ3v) is 6.21. The second-order valence-electron chi connectivity index (χ2n) is 8.62. The van der Waals surface area contributed by atoms with Gasteiger partial charge in [0.15, 0.2) is 0 Å². The zero-order valence-electron chi connectivity index (χ0n) is 19.4. The predicted molar refractivity (Wildman–Crippen MR) is 131 cm³/mol. The van der Waals surface area contributed by atoms with Crippen molar-refractivity contribution in [3.8, 4) is 5.75 Å². The summed E-state index contributed by atoms with van der Waals surface area (Å²) < 4.78 is 13.6. The smallest absolute Gasteiger partial charge is 0.250 e. The third-order valence-electron chi connectivity index (χ3n) is 6.21. The van der Waals surface area contributed by atoms with Gasteiger partial charge in [-0.15, -0.1) is 0 Å². The van der Waals surface area contributed by atoms with E-state index in [2.05, 4.69) is 21.3 Å². The second-order valence-corrected chi connectivity index (χ2v) is 8.62. The minimum absolute atomic E-state index is 0.000717. The lowest BCUT2D eigenvalue weighted by Crippen LogP contribution is -2.40. The van der Waals surface area contributed by atoms with Crippen LogP contribution in [-0.4, -0.2) is 59.9 Å². The molecule has 1 aliphatic heterocycles. The third kappa shape index (κ3) is 6.87. The summed E-state index contributed by atoms with van der Waals surface area (Å²) in [6.45, 7) is 6.51. The first-order valence-corrected chi connectivity index (χ1v) is 11.9. The van der Waals surface area contributed by atoms with Crippen LogP contribution in [0.25, 0.3) is 10.9 Å². The van der Waals surface area contributed by atoms with Gasteiger partial charge in [-0.1, -0.05) is 6.07 Å². The number of nitrogens with zero attached hydrogens (tertiary/aromatic N) is 3. The quantitative estimate of drug-likeness (QED) is 0.453. The molecule has 0 saturated carbocycles. The van der Waals surface area contributed by atoms with Crippen LogP contribution >= 0.6 is 0 Å². The van der Waals surface area contributed by atoms with Crippen molar-refractivity contribution in [1.29, 1.82) is 0 Å². The van der Waals surface area contributed by atoms with E-state index in [9.17, 15) is 4.79 Å². The average Bonchev–Trinajstić information content (AvgIpc) is 2.86. The Labute approximate surface area is 195 Å². The summed E-state index contributed by atoms with van der Waals surface area (Å²) in [4.78, 5) is 18.4. The largest absolute Gasteiger partial charge is 0.494 e. The van der Waals surface area contributed by atoms with Crippen LogP contribution in [-0.2, 0) is 18.4 Å². The molecule has 7 heteroatoms. The van der Waals surface area contributed by atoms with Gasteiger partial charge in [-0.25, -0.2) is 0 Å². The number of likely N-dealkylation sites (tertiary alicyclic amines) is 1. The van der Waals surface area contributed by atoms with Gasteiger partial charge in [0, 0.05) is 57.1 Å². The highest BCUT2D eigenvalue weighted by molar-refractivity contribution is 5.80. The number of fused-ring (bicyclic) bond motifs is 1. The lowest BCUT2D eigenvalue weighted by atomic mass is 10.1. The van der Waals surface area contributed by atoms with E-state index in [1.165, 1.54) is 0 Å². The minimum Gasteiger partial charge on any atom is -0.494 e. The van der Waals surface area contributed by atoms with Crippen molar-refractivity contribution >= 4 is 10.9 Å². The highest BCUT2D eigenvalue weighted by Crippen LogP contribution is 2.19. The van der Waals surface area contributed by atoms with Crippen LogP contribution in [0.3, 0.4) is 0 Å². The molecule has 0 radical (unpaired) electrons. The zero-order valence-corrected chi connectivity index (χ0v) is 19.4. The van der Waals surface area contributed by atoms with Crippen molar-refractivity contribution in [3.63, 3.8) is 0 Å². The molecular weight excluding hydrogens is 416 g/mol. The molecule has 3 heterocycles. The fourth-order valence-corrected chi connectivity index (χ4v) is 4.20. The number of aryl methyl sites for hydroxylation is 1. The van der Waals surface area contributed by atoms with Crippen LogP contribution in [0.15, 0.2) is 59.7 Å². The van der Waals surface area contributed by atoms with Crippen LogP contribution in [0.4, 0.5) is 0 Å². The SMILES string of the molecule is Cn1c(=O)ccc2cc(OCCCNCCN3CCC(OCc4cccnc4)CC3)ccc21. The van der Waals surface area contributed by atoms with Gasteiger partial charge < -0.3 is 24.3 Å². The normalized spacial score (nSPS) is 15.2. The summed E-state index contributed by atoms with van der Waals surface area (Å²) >= 11 is 0. The first-order chi connectivity index (χ1) is 16.2. The molecule has 1 N–H and O–H groups in total. The van der Waals surface area contributed by atoms with Crippen molar-refractivity contribution in [3.05, 3.63) is 70.8 Å². The molecule has 0 spiro atoms. The van der Waals surface area contributed by atoms with E-state index in [1.807, 2.05) is 36.5 Å². The van der Waals surface area contributed by atoms with Crippen molar-refractivity contribution in [2.75, 3.05) is 39.3 Å². The standard InChI is InChI=1S/C26H34N4O3/c1-29-25-7-6-24(18-22(25)5-8-26(29)31)32-17-3-12-27-13-16-30-14-9-23(10-15-30)33-20-21-4-2-11-28-19-21/h2,4-8,11,18-19,23,27H,3,9-10,12-17,20H2,1H3. The molecule has 0 amide bonds. The molecule has 0 unspecified atom stereocenters. The van der Waals surface area contributed by atoms with E-state index in [-0.39, 0.29) is 5.56 Å². The lowest BCUT2D eigenvalue weighted by molar-refractivity contribution is -0.00226. The molecule has 3 aromatic rings. The predicted octanol–water partition coefficient (Wildman–Crippen LogP) is 2.97. The first kappa shape index (κ1) is 23.4. The van der Waals surface area contributed by atoms with Crippen LogP contribution < -0.4 is 15.6 Å². The van der Waals surface area contributed by atoms with Crippen molar-refractivity contribution < 1.29 is 9.47 Å². The van der Waals surface area contributed by atoms with Crippen LogP contribution in [0, 0.1) is 0 Å². The molecule has 2 aromatic heterocycles. The van der Waals surface area contributed by atoms with Crippen LogP contribution in [0.5, 0.6) is 5.75 Å². The average molecular weight is 451 g/mol. The van der Waals surface area contributed by atoms with Gasteiger partial charge in [0.1, 0.15) is 5.75 Å². The Balaban J connectivity index is 1.05. The summed E-state index contributed by atoms with van der Waals surface area (Å²) in [7, 11) is 1.79. The Kier molecular flexibility index (Phi) is 8.47. The highest BCUT2D eigenvalue weighted by Gasteiger charge is 2.19. The van der Waals surface area contributed by atoms with Gasteiger partial charge in [0.2, 0.25) is 0 Å². The summed E-state index contributed by atoms with van der Waals surface area (Å²) in [5.74, 6) is 0.842. The maximum Gasteiger partial charge on any atom is 0.250 e. The van der Waals surface area contributed by atoms with Crippen molar-refractivity contribution in [2.45, 2.75) is 32.0 Å². The number of pyridine rings is 2. The van der Waals surface area contributed by atoms with E-state index in [0.29, 0.717) is 19.3 Å². The van der Waals surface area contributed by atoms with E-state index in [0.717, 1.165) is 74.2 Å². The summed E-state index contributed by atoms with van der Waals surface area (Å²) in [6.07, 6.45) is 7.15. The molecular formula is C26H34N4O3. The number of nitrogens with one attached hydrogen (secondary N) is 1. The number of aromatic nitrogens is 2. The molecule has 1 saturated heterocycles. The number of ether oxygens (including phenoxy) is 2. The Bertz CT molecular complexity index is 1060. The van der Waals surface area contributed by atoms with Crippen molar-refractivity contribution in [1.82, 2.24) is 19.8 Å². The van der Waals surface area contributed by atoms with Crippen molar-refractivity contribution in [2.24, 2.45) is 7.05 Å². The first-order valence-electron chi connectivity index (χ1n) is 11.9. The molecule has 0 bridgehead atoms. The van der Waals surface area contributed by atoms with Gasteiger partial charge in [0.25, 0.3) is 5.56 Å². The fraction of sp³-hybridized carbons (Fsp3) is 0.462. The number of hydrogen-bond donors (Lipinski definition) is 1. The minimum atomic E-state index is 0.000717. The Hall–Kier alpha value is -2.74. The maximum absolute atomic E-state index is 11.7. The highest BCUT2D eigenvalue weighted by atomic mass is 16.5. The lowest BCUT2D eigenvalue weighted by Gasteiger charge is -2.31. The zero-order chi connectivity index (χ0) is 22.9. The van der Waals surface area contributed by atoms with Gasteiger partial charge in [0.05, 0.1) is 24.8 Å². The molecule has 7 nitrogen and oxygen atoms in total. The molecule has 0 aliphatic carbocycles. The Morgan fingerprint density at radius 3 is 2.82 bits per heavy atom. The maximum atomic E-state index is 11.7. The monoisotopic (exact) mass is 450 g/mol. The van der Waals surface area contributed by atoms with Gasteiger partial charge in [-0.2, -0.15) is 0 Å². The summed E-state index contributed by atoms with van der Waals surface area (Å²) in [6, 6.07) is 13.3. The molecule has 33 heavy (non-hydrogen) atoms. The summed E-state index contributed by atoms with van der Waals surface area (Å²) in [5, 5.41) is 4.54. The Morgan fingerprint density at radius 2 is 2.00 bits per heavy atom. The molecule has 1 aliphatic rings. The number of hydrogen-bond acceptors (Lipinski definition) is 6. The van der Waals surface area contributed by atoms with Crippen LogP contribution in [0.2, 0.25) is 0 Å². The Morgan fingerprint density at radius 1 is 1.12 bits per heavy atom. The molecule has 1 aromatic carbocycles. The number of benzene rings is 1. The molecule has 176 valence electrons. The molecule has 4 rings (SSSR count). The second kappa shape index (κ2) is 11.9. The van der Waals surface area contributed by atoms with Crippen LogP contribution in [0.1, 0.15) is 24.8 Å². The van der Waals surface area contributed by atoms with E-state index in [1.54, 1.807) is 23.9 Å². The fourth-order valence-electron chi connectivity index (χ4n) is 4.20. The number of piperidine rings is 1. The molecule has 0 atom stereocenters. The van der Waals surface area contributed by atoms with E-state index >= 15 is 0 Å². The van der Waals surface area contributed by atoms with E-state index < -0.39 is 0 Å². The summed E-state index contributed by atoms with van der Waals surface area (Å²) in [5.41, 5.74) is 2.06. The topological polar surface area (TPSA) is 68.6 Å². The van der Waals surface area contributed by atoms with Gasteiger partial charge >= 0.3 is 0 Å². The van der Waals surface area contributed by atoms with E-state index in [4.69, 9.17) is 9.47 Å². The molecule has 1 fully saturated rings.